The number of methoxy groups -OCH3 is 1. The standard InChI is InChI=1S/C23H22N2O3/c1-4-8-15(5-2)14-28-21-13-18-17(12-20(21)27-3)23(26)25-19-10-7-6-9-16(19)11-22(25)24-18/h5-10,12-13H,2,4,11,14H2,1,3H3/b15-8+. The van der Waals surface area contributed by atoms with Crippen molar-refractivity contribution >= 4 is 10.9 Å². The van der Waals surface area contributed by atoms with Gasteiger partial charge in [0.1, 0.15) is 12.4 Å². The van der Waals surface area contributed by atoms with Crippen LogP contribution in [-0.2, 0) is 6.42 Å². The smallest absolute Gasteiger partial charge is 0.266 e. The third-order valence-electron chi connectivity index (χ3n) is 4.93. The van der Waals surface area contributed by atoms with Crippen LogP contribution < -0.4 is 15.0 Å². The van der Waals surface area contributed by atoms with Crippen LogP contribution in [0.3, 0.4) is 0 Å². The fourth-order valence-electron chi connectivity index (χ4n) is 3.55. The third-order valence-corrected chi connectivity index (χ3v) is 4.93. The molecule has 5 nitrogen and oxygen atoms in total. The fraction of sp³-hybridized carbons (Fsp3) is 0.217. The molecule has 4 rings (SSSR count). The van der Waals surface area contributed by atoms with Crippen molar-refractivity contribution in [2.24, 2.45) is 0 Å². The molecule has 2 aromatic carbocycles. The minimum absolute atomic E-state index is 0.0903. The number of ether oxygens (including phenoxy) is 2. The van der Waals surface area contributed by atoms with Gasteiger partial charge in [-0.3, -0.25) is 9.36 Å². The average molecular weight is 374 g/mol. The van der Waals surface area contributed by atoms with E-state index in [1.807, 2.05) is 24.3 Å². The number of fused-ring (bicyclic) bond motifs is 4. The Bertz CT molecular complexity index is 1160. The van der Waals surface area contributed by atoms with Crippen LogP contribution in [-0.4, -0.2) is 23.3 Å². The SMILES string of the molecule is C=C/C(=C\CC)COc1cc2nc3n(c(=O)c2cc1OC)-c1ccccc1C3. The van der Waals surface area contributed by atoms with E-state index in [9.17, 15) is 4.79 Å². The van der Waals surface area contributed by atoms with Crippen molar-refractivity contribution in [1.29, 1.82) is 0 Å². The number of aromatic nitrogens is 2. The van der Waals surface area contributed by atoms with E-state index in [2.05, 4.69) is 19.6 Å². The summed E-state index contributed by atoms with van der Waals surface area (Å²) in [6.45, 7) is 6.27. The van der Waals surface area contributed by atoms with Gasteiger partial charge in [-0.1, -0.05) is 43.9 Å². The van der Waals surface area contributed by atoms with Gasteiger partial charge in [0.15, 0.2) is 11.5 Å². The van der Waals surface area contributed by atoms with Gasteiger partial charge in [-0.15, -0.1) is 0 Å². The van der Waals surface area contributed by atoms with Gasteiger partial charge < -0.3 is 9.47 Å². The maximum absolute atomic E-state index is 13.2. The summed E-state index contributed by atoms with van der Waals surface area (Å²) in [6, 6.07) is 11.4. The van der Waals surface area contributed by atoms with Crippen molar-refractivity contribution in [3.63, 3.8) is 0 Å². The van der Waals surface area contributed by atoms with Crippen LogP contribution in [0.4, 0.5) is 0 Å². The van der Waals surface area contributed by atoms with Crippen LogP contribution in [0.1, 0.15) is 24.7 Å². The van der Waals surface area contributed by atoms with Gasteiger partial charge in [-0.2, -0.15) is 0 Å². The Kier molecular flexibility index (Phi) is 4.74. The topological polar surface area (TPSA) is 53.4 Å². The van der Waals surface area contributed by atoms with Gasteiger partial charge in [-0.05, 0) is 29.7 Å². The zero-order chi connectivity index (χ0) is 19.7. The van der Waals surface area contributed by atoms with Crippen LogP contribution in [0.15, 0.2) is 65.5 Å². The lowest BCUT2D eigenvalue weighted by molar-refractivity contribution is 0.322. The van der Waals surface area contributed by atoms with E-state index in [1.165, 1.54) is 0 Å². The van der Waals surface area contributed by atoms with Gasteiger partial charge in [0, 0.05) is 12.5 Å². The molecule has 1 aliphatic rings. The lowest BCUT2D eigenvalue weighted by atomic mass is 10.1. The van der Waals surface area contributed by atoms with Crippen molar-refractivity contribution in [2.75, 3.05) is 13.7 Å². The van der Waals surface area contributed by atoms with E-state index < -0.39 is 0 Å². The first-order valence-electron chi connectivity index (χ1n) is 9.32. The minimum Gasteiger partial charge on any atom is -0.493 e. The highest BCUT2D eigenvalue weighted by atomic mass is 16.5. The molecule has 0 bridgehead atoms. The van der Waals surface area contributed by atoms with Crippen LogP contribution in [0.5, 0.6) is 11.5 Å². The third kappa shape index (κ3) is 2.99. The zero-order valence-corrected chi connectivity index (χ0v) is 16.1. The second-order valence-corrected chi connectivity index (χ2v) is 6.67. The second-order valence-electron chi connectivity index (χ2n) is 6.67. The number of rotatable bonds is 6. The Morgan fingerprint density at radius 2 is 2.11 bits per heavy atom. The lowest BCUT2D eigenvalue weighted by Gasteiger charge is -2.13. The number of hydrogen-bond acceptors (Lipinski definition) is 4. The normalized spacial score (nSPS) is 12.6. The Morgan fingerprint density at radius 1 is 1.29 bits per heavy atom. The Hall–Kier alpha value is -3.34. The van der Waals surface area contributed by atoms with Crippen LogP contribution in [0.25, 0.3) is 16.6 Å². The van der Waals surface area contributed by atoms with Crippen LogP contribution in [0.2, 0.25) is 0 Å². The van der Waals surface area contributed by atoms with Crippen molar-refractivity contribution in [3.05, 3.63) is 82.4 Å². The lowest BCUT2D eigenvalue weighted by Crippen LogP contribution is -2.20. The fourth-order valence-corrected chi connectivity index (χ4v) is 3.55. The molecular formula is C23H22N2O3. The van der Waals surface area contributed by atoms with Crippen molar-refractivity contribution in [2.45, 2.75) is 19.8 Å². The van der Waals surface area contributed by atoms with Crippen molar-refractivity contribution < 1.29 is 9.47 Å². The van der Waals surface area contributed by atoms with Crippen LogP contribution >= 0.6 is 0 Å². The summed E-state index contributed by atoms with van der Waals surface area (Å²) in [4.78, 5) is 17.9. The van der Waals surface area contributed by atoms with Crippen molar-refractivity contribution in [3.8, 4) is 17.2 Å². The molecule has 0 saturated carbocycles. The van der Waals surface area contributed by atoms with E-state index in [-0.39, 0.29) is 5.56 Å². The highest BCUT2D eigenvalue weighted by Gasteiger charge is 2.23. The molecule has 0 unspecified atom stereocenters. The highest BCUT2D eigenvalue weighted by molar-refractivity contribution is 5.82. The molecule has 0 aliphatic carbocycles. The second kappa shape index (κ2) is 7.35. The Morgan fingerprint density at radius 3 is 2.86 bits per heavy atom. The number of allylic oxidation sites excluding steroid dienone is 1. The summed E-state index contributed by atoms with van der Waals surface area (Å²) < 4.78 is 13.1. The van der Waals surface area contributed by atoms with Gasteiger partial charge in [0.2, 0.25) is 0 Å². The molecule has 5 heteroatoms. The minimum atomic E-state index is -0.0903. The quantitative estimate of drug-likeness (QED) is 0.475. The molecular weight excluding hydrogens is 352 g/mol. The summed E-state index contributed by atoms with van der Waals surface area (Å²) in [5, 5.41) is 0.512. The number of benzene rings is 2. The Balaban J connectivity index is 1.80. The average Bonchev–Trinajstić information content (AvgIpc) is 3.09. The molecule has 28 heavy (non-hydrogen) atoms. The van der Waals surface area contributed by atoms with Gasteiger partial charge >= 0.3 is 0 Å². The summed E-state index contributed by atoms with van der Waals surface area (Å²) in [7, 11) is 1.57. The molecule has 3 aromatic rings. The molecule has 142 valence electrons. The highest BCUT2D eigenvalue weighted by Crippen LogP contribution is 2.33. The first-order chi connectivity index (χ1) is 13.7. The summed E-state index contributed by atoms with van der Waals surface area (Å²) in [5.41, 5.74) is 3.52. The number of nitrogens with zero attached hydrogens (tertiary/aromatic N) is 2. The predicted molar refractivity (Wildman–Crippen MR) is 111 cm³/mol. The molecule has 0 radical (unpaired) electrons. The van der Waals surface area contributed by atoms with E-state index in [0.29, 0.717) is 35.4 Å². The molecule has 1 aliphatic heterocycles. The molecule has 0 amide bonds. The van der Waals surface area contributed by atoms with E-state index in [1.54, 1.807) is 29.9 Å². The molecule has 0 spiro atoms. The summed E-state index contributed by atoms with van der Waals surface area (Å²) in [6.07, 6.45) is 5.40. The molecule has 0 saturated heterocycles. The first kappa shape index (κ1) is 18.0. The monoisotopic (exact) mass is 374 g/mol. The number of para-hydroxylation sites is 1. The molecule has 0 fully saturated rings. The van der Waals surface area contributed by atoms with E-state index in [0.717, 1.165) is 29.1 Å². The van der Waals surface area contributed by atoms with Crippen LogP contribution in [0, 0.1) is 0 Å². The maximum atomic E-state index is 13.2. The van der Waals surface area contributed by atoms with E-state index >= 15 is 0 Å². The first-order valence-corrected chi connectivity index (χ1v) is 9.32. The van der Waals surface area contributed by atoms with Gasteiger partial charge in [0.05, 0.1) is 23.7 Å². The maximum Gasteiger partial charge on any atom is 0.266 e. The zero-order valence-electron chi connectivity index (χ0n) is 16.1. The molecule has 2 heterocycles. The van der Waals surface area contributed by atoms with E-state index in [4.69, 9.17) is 14.5 Å². The summed E-state index contributed by atoms with van der Waals surface area (Å²) >= 11 is 0. The largest absolute Gasteiger partial charge is 0.493 e. The van der Waals surface area contributed by atoms with Gasteiger partial charge in [0.25, 0.3) is 5.56 Å². The summed E-state index contributed by atoms with van der Waals surface area (Å²) in [5.74, 6) is 1.82. The molecule has 0 atom stereocenters. The molecule has 0 N–H and O–H groups in total. The Labute approximate surface area is 163 Å². The predicted octanol–water partition coefficient (Wildman–Crippen LogP) is 4.20. The molecule has 1 aromatic heterocycles. The van der Waals surface area contributed by atoms with Gasteiger partial charge in [-0.25, -0.2) is 4.98 Å². The number of hydrogen-bond donors (Lipinski definition) is 0. The van der Waals surface area contributed by atoms with Crippen molar-refractivity contribution in [1.82, 2.24) is 9.55 Å².